The lowest BCUT2D eigenvalue weighted by molar-refractivity contribution is 0.162. The van der Waals surface area contributed by atoms with Crippen molar-refractivity contribution in [1.82, 2.24) is 9.80 Å². The fraction of sp³-hybridized carbons (Fsp3) is 1.00. The van der Waals surface area contributed by atoms with E-state index in [4.69, 9.17) is 10.5 Å². The minimum absolute atomic E-state index is 0.235. The van der Waals surface area contributed by atoms with Crippen LogP contribution >= 0.6 is 0 Å². The van der Waals surface area contributed by atoms with Crippen molar-refractivity contribution in [1.29, 1.82) is 0 Å². The summed E-state index contributed by atoms with van der Waals surface area (Å²) in [5.74, 6) is 0.522. The van der Waals surface area contributed by atoms with Gasteiger partial charge < -0.3 is 20.3 Å². The molecule has 1 rings (SSSR count). The third-order valence-corrected chi connectivity index (χ3v) is 3.14. The first-order valence-electron chi connectivity index (χ1n) is 6.34. The first-order chi connectivity index (χ1) is 7.63. The monoisotopic (exact) mass is 229 g/mol. The highest BCUT2D eigenvalue weighted by atomic mass is 16.5. The molecule has 0 aliphatic carbocycles. The zero-order valence-electron chi connectivity index (χ0n) is 11.0. The molecule has 1 aliphatic heterocycles. The molecule has 0 saturated carbocycles. The summed E-state index contributed by atoms with van der Waals surface area (Å²) in [6.07, 6.45) is 1.20. The van der Waals surface area contributed by atoms with Crippen LogP contribution in [0.25, 0.3) is 0 Å². The van der Waals surface area contributed by atoms with Crippen LogP contribution in [0.4, 0.5) is 0 Å². The third kappa shape index (κ3) is 4.78. The lowest BCUT2D eigenvalue weighted by Crippen LogP contribution is -2.41. The Balaban J connectivity index is 2.31. The van der Waals surface area contributed by atoms with Gasteiger partial charge in [-0.2, -0.15) is 0 Å². The Labute approximate surface area is 99.7 Å². The van der Waals surface area contributed by atoms with Crippen LogP contribution in [-0.2, 0) is 4.74 Å². The van der Waals surface area contributed by atoms with Crippen LogP contribution in [0.2, 0.25) is 0 Å². The van der Waals surface area contributed by atoms with E-state index in [1.165, 1.54) is 6.42 Å². The van der Waals surface area contributed by atoms with Gasteiger partial charge in [0.1, 0.15) is 0 Å². The lowest BCUT2D eigenvalue weighted by atomic mass is 10.0. The molecular formula is C12H27N3O. The zero-order chi connectivity index (χ0) is 12.0. The van der Waals surface area contributed by atoms with Crippen LogP contribution in [0, 0.1) is 5.92 Å². The molecule has 1 fully saturated rings. The van der Waals surface area contributed by atoms with E-state index in [9.17, 15) is 0 Å². The van der Waals surface area contributed by atoms with Gasteiger partial charge in [0, 0.05) is 31.6 Å². The number of likely N-dealkylation sites (N-methyl/N-ethyl adjacent to an activating group) is 1. The molecule has 0 radical (unpaired) electrons. The van der Waals surface area contributed by atoms with Crippen LogP contribution in [0.5, 0.6) is 0 Å². The summed E-state index contributed by atoms with van der Waals surface area (Å²) in [5.41, 5.74) is 6.02. The van der Waals surface area contributed by atoms with E-state index >= 15 is 0 Å². The molecule has 4 heteroatoms. The SMILES string of the molecule is CCCN(CCN(C)C)CC1COCC1N. The Morgan fingerprint density at radius 2 is 1.94 bits per heavy atom. The van der Waals surface area contributed by atoms with Gasteiger partial charge in [0.05, 0.1) is 13.2 Å². The molecule has 0 aromatic rings. The Hall–Kier alpha value is -0.160. The minimum Gasteiger partial charge on any atom is -0.379 e. The highest BCUT2D eigenvalue weighted by Gasteiger charge is 2.26. The van der Waals surface area contributed by atoms with Crippen molar-refractivity contribution >= 4 is 0 Å². The van der Waals surface area contributed by atoms with Gasteiger partial charge >= 0.3 is 0 Å². The zero-order valence-corrected chi connectivity index (χ0v) is 11.0. The molecule has 2 N–H and O–H groups in total. The maximum atomic E-state index is 6.02. The number of hydrogen-bond acceptors (Lipinski definition) is 4. The molecule has 1 heterocycles. The van der Waals surface area contributed by atoms with Crippen molar-refractivity contribution in [3.8, 4) is 0 Å². The van der Waals surface area contributed by atoms with Gasteiger partial charge in [-0.3, -0.25) is 0 Å². The van der Waals surface area contributed by atoms with Crippen molar-refractivity contribution in [2.24, 2.45) is 11.7 Å². The van der Waals surface area contributed by atoms with Gasteiger partial charge in [-0.15, -0.1) is 0 Å². The van der Waals surface area contributed by atoms with E-state index in [1.807, 2.05) is 0 Å². The molecule has 2 unspecified atom stereocenters. The summed E-state index contributed by atoms with van der Waals surface area (Å²) in [5, 5.41) is 0. The summed E-state index contributed by atoms with van der Waals surface area (Å²) < 4.78 is 5.41. The van der Waals surface area contributed by atoms with Gasteiger partial charge in [0.2, 0.25) is 0 Å². The van der Waals surface area contributed by atoms with Crippen LogP contribution in [0.1, 0.15) is 13.3 Å². The molecule has 16 heavy (non-hydrogen) atoms. The fourth-order valence-electron chi connectivity index (χ4n) is 2.09. The highest BCUT2D eigenvalue weighted by molar-refractivity contribution is 4.80. The first-order valence-corrected chi connectivity index (χ1v) is 6.34. The maximum absolute atomic E-state index is 6.02. The molecule has 0 aromatic carbocycles. The molecule has 0 amide bonds. The van der Waals surface area contributed by atoms with Crippen LogP contribution < -0.4 is 5.73 Å². The Bertz CT molecular complexity index is 187. The average Bonchev–Trinajstić information content (AvgIpc) is 2.61. The van der Waals surface area contributed by atoms with Gasteiger partial charge in [0.25, 0.3) is 0 Å². The van der Waals surface area contributed by atoms with Crippen LogP contribution in [-0.4, -0.2) is 69.3 Å². The smallest absolute Gasteiger partial charge is 0.0621 e. The van der Waals surface area contributed by atoms with E-state index in [1.54, 1.807) is 0 Å². The third-order valence-electron chi connectivity index (χ3n) is 3.14. The van der Waals surface area contributed by atoms with Crippen molar-refractivity contribution < 1.29 is 4.74 Å². The summed E-state index contributed by atoms with van der Waals surface area (Å²) in [4.78, 5) is 4.74. The largest absolute Gasteiger partial charge is 0.379 e. The summed E-state index contributed by atoms with van der Waals surface area (Å²) in [6, 6.07) is 0.235. The predicted molar refractivity (Wildman–Crippen MR) is 67.6 cm³/mol. The van der Waals surface area contributed by atoms with Gasteiger partial charge in [-0.1, -0.05) is 6.92 Å². The van der Waals surface area contributed by atoms with Gasteiger partial charge in [0.15, 0.2) is 0 Å². The summed E-state index contributed by atoms with van der Waals surface area (Å²) in [7, 11) is 4.24. The van der Waals surface area contributed by atoms with Crippen LogP contribution in [0.15, 0.2) is 0 Å². The van der Waals surface area contributed by atoms with Crippen LogP contribution in [0.3, 0.4) is 0 Å². The molecule has 2 atom stereocenters. The average molecular weight is 229 g/mol. The Kier molecular flexibility index (Phi) is 6.28. The molecule has 1 saturated heterocycles. The molecule has 0 aromatic heterocycles. The predicted octanol–water partition coefficient (Wildman–Crippen LogP) is 0.234. The standard InChI is InChI=1S/C12H27N3O/c1-4-5-15(7-6-14(2)3)8-11-9-16-10-12(11)13/h11-12H,4-10,13H2,1-3H3. The molecule has 0 bridgehead atoms. The molecule has 0 spiro atoms. The van der Waals surface area contributed by atoms with Gasteiger partial charge in [-0.05, 0) is 27.1 Å². The van der Waals surface area contributed by atoms with Crippen molar-refractivity contribution in [2.45, 2.75) is 19.4 Å². The maximum Gasteiger partial charge on any atom is 0.0621 e. The second kappa shape index (κ2) is 7.22. The van der Waals surface area contributed by atoms with E-state index in [-0.39, 0.29) is 6.04 Å². The minimum atomic E-state index is 0.235. The quantitative estimate of drug-likeness (QED) is 0.679. The second-order valence-electron chi connectivity index (χ2n) is 5.07. The van der Waals surface area contributed by atoms with E-state index in [0.29, 0.717) is 5.92 Å². The number of hydrogen-bond donors (Lipinski definition) is 1. The molecular weight excluding hydrogens is 202 g/mol. The Morgan fingerprint density at radius 1 is 1.19 bits per heavy atom. The topological polar surface area (TPSA) is 41.7 Å². The normalized spacial score (nSPS) is 25.9. The second-order valence-corrected chi connectivity index (χ2v) is 5.07. The van der Waals surface area contributed by atoms with E-state index in [2.05, 4.69) is 30.8 Å². The van der Waals surface area contributed by atoms with E-state index in [0.717, 1.165) is 39.4 Å². The first kappa shape index (κ1) is 13.9. The number of ether oxygens (including phenoxy) is 1. The summed E-state index contributed by atoms with van der Waals surface area (Å²) in [6.45, 7) is 8.29. The summed E-state index contributed by atoms with van der Waals surface area (Å²) >= 11 is 0. The van der Waals surface area contributed by atoms with Crippen molar-refractivity contribution in [3.63, 3.8) is 0 Å². The van der Waals surface area contributed by atoms with E-state index < -0.39 is 0 Å². The number of rotatable bonds is 7. The Morgan fingerprint density at radius 3 is 2.44 bits per heavy atom. The fourth-order valence-corrected chi connectivity index (χ4v) is 2.09. The van der Waals surface area contributed by atoms with Crippen molar-refractivity contribution in [2.75, 3.05) is 53.5 Å². The number of nitrogens with zero attached hydrogens (tertiary/aromatic N) is 2. The van der Waals surface area contributed by atoms with Gasteiger partial charge in [-0.25, -0.2) is 0 Å². The van der Waals surface area contributed by atoms with Crippen molar-refractivity contribution in [3.05, 3.63) is 0 Å². The molecule has 96 valence electrons. The molecule has 1 aliphatic rings. The molecule has 4 nitrogen and oxygen atoms in total. The highest BCUT2D eigenvalue weighted by Crippen LogP contribution is 2.13. The number of nitrogens with two attached hydrogens (primary N) is 1. The lowest BCUT2D eigenvalue weighted by Gasteiger charge is -2.27.